The van der Waals surface area contributed by atoms with Crippen LogP contribution in [0, 0.1) is 5.92 Å². The minimum absolute atomic E-state index is 0.256. The van der Waals surface area contributed by atoms with Crippen molar-refractivity contribution in [2.75, 3.05) is 20.3 Å². The fraction of sp³-hybridized carbons (Fsp3) is 0.818. The number of aromatic nitrogens is 3. The van der Waals surface area contributed by atoms with Crippen molar-refractivity contribution in [3.8, 4) is 0 Å². The molecule has 1 unspecified atom stereocenters. The number of hydrogen-bond donors (Lipinski definition) is 1. The molecule has 1 aliphatic heterocycles. The van der Waals surface area contributed by atoms with Crippen molar-refractivity contribution in [3.63, 3.8) is 0 Å². The van der Waals surface area contributed by atoms with E-state index in [9.17, 15) is 0 Å². The smallest absolute Gasteiger partial charge is 0.151 e. The topological polar surface area (TPSA) is 60.2 Å². The number of ether oxygens (including phenoxy) is 1. The molecule has 1 aliphatic rings. The molecule has 90 valence electrons. The van der Waals surface area contributed by atoms with Gasteiger partial charge in [-0.15, -0.1) is 0 Å². The molecule has 1 aromatic heterocycles. The Bertz CT molecular complexity index is 338. The lowest BCUT2D eigenvalue weighted by Gasteiger charge is -2.19. The third kappa shape index (κ3) is 2.59. The van der Waals surface area contributed by atoms with Gasteiger partial charge >= 0.3 is 0 Å². The highest BCUT2D eigenvalue weighted by molar-refractivity contribution is 4.97. The lowest BCUT2D eigenvalue weighted by molar-refractivity contribution is 0.194. The third-order valence-electron chi connectivity index (χ3n) is 3.02. The van der Waals surface area contributed by atoms with E-state index in [4.69, 9.17) is 9.84 Å². The normalized spacial score (nSPS) is 19.8. The van der Waals surface area contributed by atoms with E-state index in [1.807, 2.05) is 4.68 Å². The van der Waals surface area contributed by atoms with Crippen molar-refractivity contribution >= 4 is 0 Å². The summed E-state index contributed by atoms with van der Waals surface area (Å²) in [5.74, 6) is 2.30. The molecule has 2 heterocycles. The maximum atomic E-state index is 9.12. The van der Waals surface area contributed by atoms with Crippen molar-refractivity contribution in [3.05, 3.63) is 11.6 Å². The van der Waals surface area contributed by atoms with Gasteiger partial charge in [-0.1, -0.05) is 0 Å². The van der Waals surface area contributed by atoms with Crippen molar-refractivity contribution in [2.24, 2.45) is 5.92 Å². The first-order valence-corrected chi connectivity index (χ1v) is 5.86. The minimum atomic E-state index is 0.256. The van der Waals surface area contributed by atoms with Crippen LogP contribution in [0.15, 0.2) is 0 Å². The van der Waals surface area contributed by atoms with E-state index in [-0.39, 0.29) is 6.61 Å². The van der Waals surface area contributed by atoms with Crippen LogP contribution in [0.4, 0.5) is 0 Å². The number of methoxy groups -OCH3 is 1. The highest BCUT2D eigenvalue weighted by Gasteiger charge is 2.20. The molecule has 0 amide bonds. The lowest BCUT2D eigenvalue weighted by atomic mass is 9.99. The molecule has 0 fully saturated rings. The van der Waals surface area contributed by atoms with Gasteiger partial charge < -0.3 is 9.84 Å². The molecule has 5 heteroatoms. The quantitative estimate of drug-likeness (QED) is 0.737. The molecule has 0 saturated heterocycles. The standard InChI is InChI=1S/C11H19N3O2/c1-16-6-2-3-10-12-11-7-9(8-15)4-5-14(11)13-10/h9,15H,2-8H2,1H3. The van der Waals surface area contributed by atoms with Crippen LogP contribution >= 0.6 is 0 Å². The average Bonchev–Trinajstić information content (AvgIpc) is 2.70. The number of rotatable bonds is 5. The fourth-order valence-corrected chi connectivity index (χ4v) is 2.06. The fourth-order valence-electron chi connectivity index (χ4n) is 2.06. The second-order valence-corrected chi connectivity index (χ2v) is 4.31. The van der Waals surface area contributed by atoms with Gasteiger partial charge in [0.15, 0.2) is 5.82 Å². The van der Waals surface area contributed by atoms with Crippen LogP contribution in [-0.4, -0.2) is 40.2 Å². The zero-order valence-electron chi connectivity index (χ0n) is 9.72. The predicted octanol–water partition coefficient (Wildman–Crippen LogP) is 0.412. The molecule has 0 aliphatic carbocycles. The third-order valence-corrected chi connectivity index (χ3v) is 3.02. The van der Waals surface area contributed by atoms with E-state index in [1.165, 1.54) is 0 Å². The summed E-state index contributed by atoms with van der Waals surface area (Å²) in [6.45, 7) is 1.90. The first-order chi connectivity index (χ1) is 7.83. The van der Waals surface area contributed by atoms with Crippen molar-refractivity contribution in [2.45, 2.75) is 32.2 Å². The van der Waals surface area contributed by atoms with Gasteiger partial charge in [-0.25, -0.2) is 9.67 Å². The summed E-state index contributed by atoms with van der Waals surface area (Å²) < 4.78 is 6.99. The Morgan fingerprint density at radius 1 is 1.56 bits per heavy atom. The number of nitrogens with zero attached hydrogens (tertiary/aromatic N) is 3. The molecule has 0 spiro atoms. The van der Waals surface area contributed by atoms with E-state index in [0.717, 1.165) is 50.5 Å². The van der Waals surface area contributed by atoms with Crippen LogP contribution in [0.1, 0.15) is 24.5 Å². The molecule has 1 N–H and O–H groups in total. The number of aliphatic hydroxyl groups is 1. The Kier molecular flexibility index (Phi) is 3.90. The Morgan fingerprint density at radius 2 is 2.44 bits per heavy atom. The number of aryl methyl sites for hydroxylation is 2. The highest BCUT2D eigenvalue weighted by Crippen LogP contribution is 2.18. The predicted molar refractivity (Wildman–Crippen MR) is 59.1 cm³/mol. The van der Waals surface area contributed by atoms with Crippen LogP contribution in [0.5, 0.6) is 0 Å². The van der Waals surface area contributed by atoms with Crippen LogP contribution in [0.25, 0.3) is 0 Å². The first kappa shape index (κ1) is 11.5. The molecule has 0 saturated carbocycles. The highest BCUT2D eigenvalue weighted by atomic mass is 16.5. The Morgan fingerprint density at radius 3 is 3.19 bits per heavy atom. The van der Waals surface area contributed by atoms with E-state index >= 15 is 0 Å². The van der Waals surface area contributed by atoms with Crippen molar-refractivity contribution in [1.29, 1.82) is 0 Å². The second-order valence-electron chi connectivity index (χ2n) is 4.31. The molecular weight excluding hydrogens is 206 g/mol. The summed E-state index contributed by atoms with van der Waals surface area (Å²) in [4.78, 5) is 4.51. The molecule has 0 radical (unpaired) electrons. The Balaban J connectivity index is 1.95. The molecule has 1 aromatic rings. The first-order valence-electron chi connectivity index (χ1n) is 5.86. The summed E-state index contributed by atoms with van der Waals surface area (Å²) in [5, 5.41) is 13.6. The van der Waals surface area contributed by atoms with E-state index in [1.54, 1.807) is 7.11 Å². The largest absolute Gasteiger partial charge is 0.396 e. The van der Waals surface area contributed by atoms with Crippen LogP contribution in [-0.2, 0) is 24.1 Å². The molecule has 2 rings (SSSR count). The maximum Gasteiger partial charge on any atom is 0.151 e. The van der Waals surface area contributed by atoms with Gasteiger partial charge in [-0.2, -0.15) is 5.10 Å². The second kappa shape index (κ2) is 5.41. The van der Waals surface area contributed by atoms with E-state index < -0.39 is 0 Å². The van der Waals surface area contributed by atoms with Crippen LogP contribution in [0.3, 0.4) is 0 Å². The molecule has 0 bridgehead atoms. The summed E-state index contributed by atoms with van der Waals surface area (Å²) in [5.41, 5.74) is 0. The van der Waals surface area contributed by atoms with E-state index in [2.05, 4.69) is 10.1 Å². The summed E-state index contributed by atoms with van der Waals surface area (Å²) in [7, 11) is 1.71. The summed E-state index contributed by atoms with van der Waals surface area (Å²) >= 11 is 0. The molecule has 16 heavy (non-hydrogen) atoms. The van der Waals surface area contributed by atoms with Crippen molar-refractivity contribution in [1.82, 2.24) is 14.8 Å². The van der Waals surface area contributed by atoms with Gasteiger partial charge in [0.1, 0.15) is 5.82 Å². The Hall–Kier alpha value is -0.940. The van der Waals surface area contributed by atoms with Gasteiger partial charge in [0.25, 0.3) is 0 Å². The number of fused-ring (bicyclic) bond motifs is 1. The van der Waals surface area contributed by atoms with Gasteiger partial charge in [-0.3, -0.25) is 0 Å². The van der Waals surface area contributed by atoms with Crippen LogP contribution in [0.2, 0.25) is 0 Å². The van der Waals surface area contributed by atoms with Gasteiger partial charge in [-0.05, 0) is 18.8 Å². The SMILES string of the molecule is COCCCc1nc2n(n1)CCC(CO)C2. The van der Waals surface area contributed by atoms with Gasteiger partial charge in [0.2, 0.25) is 0 Å². The number of hydrogen-bond acceptors (Lipinski definition) is 4. The van der Waals surface area contributed by atoms with Gasteiger partial charge in [0.05, 0.1) is 0 Å². The average molecular weight is 225 g/mol. The van der Waals surface area contributed by atoms with Crippen molar-refractivity contribution < 1.29 is 9.84 Å². The number of aliphatic hydroxyl groups excluding tert-OH is 1. The maximum absolute atomic E-state index is 9.12. The lowest BCUT2D eigenvalue weighted by Crippen LogP contribution is -2.22. The van der Waals surface area contributed by atoms with E-state index in [0.29, 0.717) is 5.92 Å². The summed E-state index contributed by atoms with van der Waals surface area (Å²) in [6, 6.07) is 0. The molecule has 1 atom stereocenters. The molecule has 5 nitrogen and oxygen atoms in total. The monoisotopic (exact) mass is 225 g/mol. The molecular formula is C11H19N3O2. The zero-order chi connectivity index (χ0) is 11.4. The molecule has 0 aromatic carbocycles. The minimum Gasteiger partial charge on any atom is -0.396 e. The Labute approximate surface area is 95.4 Å². The van der Waals surface area contributed by atoms with Gasteiger partial charge in [0, 0.05) is 39.7 Å². The van der Waals surface area contributed by atoms with Crippen LogP contribution < -0.4 is 0 Å². The summed E-state index contributed by atoms with van der Waals surface area (Å²) in [6.07, 6.45) is 3.69. The zero-order valence-corrected chi connectivity index (χ0v) is 9.72.